The van der Waals surface area contributed by atoms with Gasteiger partial charge in [0.1, 0.15) is 0 Å². The van der Waals surface area contributed by atoms with E-state index in [2.05, 4.69) is 10.6 Å². The number of rotatable bonds is 1. The Morgan fingerprint density at radius 2 is 1.91 bits per heavy atom. The zero-order chi connectivity index (χ0) is 15.3. The van der Waals surface area contributed by atoms with Crippen molar-refractivity contribution in [2.45, 2.75) is 17.9 Å². The molecule has 2 aliphatic heterocycles. The predicted octanol–water partition coefficient (Wildman–Crippen LogP) is 2.02. The highest BCUT2D eigenvalue weighted by Crippen LogP contribution is 2.51. The van der Waals surface area contributed by atoms with Gasteiger partial charge >= 0.3 is 0 Å². The minimum atomic E-state index is -0.667. The first kappa shape index (κ1) is 13.2. The summed E-state index contributed by atoms with van der Waals surface area (Å²) in [4.78, 5) is 12.7. The third-order valence-corrected chi connectivity index (χ3v) is 4.75. The third kappa shape index (κ3) is 1.60. The number of phenols is 2. The topological polar surface area (TPSA) is 81.6 Å². The van der Waals surface area contributed by atoms with Gasteiger partial charge < -0.3 is 20.8 Å². The summed E-state index contributed by atoms with van der Waals surface area (Å²) in [5, 5.41) is 25.6. The van der Waals surface area contributed by atoms with Gasteiger partial charge in [-0.1, -0.05) is 24.3 Å². The van der Waals surface area contributed by atoms with E-state index in [1.807, 2.05) is 24.3 Å². The van der Waals surface area contributed by atoms with Gasteiger partial charge in [-0.15, -0.1) is 0 Å². The normalized spacial score (nSPS) is 26.2. The second kappa shape index (κ2) is 4.48. The highest BCUT2D eigenvalue weighted by atomic mass is 16.3. The Hall–Kier alpha value is -2.53. The Morgan fingerprint density at radius 3 is 2.73 bits per heavy atom. The van der Waals surface area contributed by atoms with Crippen molar-refractivity contribution in [2.75, 3.05) is 11.9 Å². The standard InChI is InChI=1S/C17H16N2O3/c20-13-6-5-10(9-14(13)21)15-17(7-8-18-15)11-3-1-2-4-12(11)19-16(17)22/h1-6,9,15,18,20-21H,7-8H2,(H,19,22). The lowest BCUT2D eigenvalue weighted by atomic mass is 9.73. The lowest BCUT2D eigenvalue weighted by molar-refractivity contribution is -0.121. The van der Waals surface area contributed by atoms with E-state index in [-0.39, 0.29) is 23.4 Å². The lowest BCUT2D eigenvalue weighted by Crippen LogP contribution is -2.39. The summed E-state index contributed by atoms with van der Waals surface area (Å²) in [7, 11) is 0. The van der Waals surface area contributed by atoms with Crippen LogP contribution in [0.25, 0.3) is 0 Å². The van der Waals surface area contributed by atoms with Gasteiger partial charge in [0.15, 0.2) is 11.5 Å². The molecule has 1 fully saturated rings. The number of benzene rings is 2. The number of para-hydroxylation sites is 1. The van der Waals surface area contributed by atoms with Crippen LogP contribution in [0.2, 0.25) is 0 Å². The van der Waals surface area contributed by atoms with Gasteiger partial charge in [-0.05, 0) is 42.3 Å². The summed E-state index contributed by atoms with van der Waals surface area (Å²) in [6.07, 6.45) is 0.697. The van der Waals surface area contributed by atoms with Crippen LogP contribution >= 0.6 is 0 Å². The van der Waals surface area contributed by atoms with Crippen molar-refractivity contribution >= 4 is 11.6 Å². The summed E-state index contributed by atoms with van der Waals surface area (Å²) in [5.74, 6) is -0.351. The molecular weight excluding hydrogens is 280 g/mol. The van der Waals surface area contributed by atoms with Crippen molar-refractivity contribution in [1.82, 2.24) is 5.32 Å². The molecule has 2 heterocycles. The Morgan fingerprint density at radius 1 is 1.09 bits per heavy atom. The molecule has 5 nitrogen and oxygen atoms in total. The average molecular weight is 296 g/mol. The van der Waals surface area contributed by atoms with E-state index < -0.39 is 5.41 Å². The summed E-state index contributed by atoms with van der Waals surface area (Å²) in [6.45, 7) is 0.716. The fraction of sp³-hybridized carbons (Fsp3) is 0.235. The molecule has 0 bridgehead atoms. The molecule has 2 atom stereocenters. The molecule has 22 heavy (non-hydrogen) atoms. The molecule has 112 valence electrons. The summed E-state index contributed by atoms with van der Waals surface area (Å²) >= 11 is 0. The molecule has 0 saturated carbocycles. The number of fused-ring (bicyclic) bond motifs is 2. The fourth-order valence-corrected chi connectivity index (χ4v) is 3.73. The maximum atomic E-state index is 12.7. The molecule has 2 aromatic carbocycles. The van der Waals surface area contributed by atoms with Crippen molar-refractivity contribution in [3.05, 3.63) is 53.6 Å². The fourth-order valence-electron chi connectivity index (χ4n) is 3.73. The Labute approximate surface area is 127 Å². The van der Waals surface area contributed by atoms with Crippen molar-refractivity contribution in [3.8, 4) is 11.5 Å². The van der Waals surface area contributed by atoms with Crippen LogP contribution in [0.3, 0.4) is 0 Å². The van der Waals surface area contributed by atoms with Gasteiger partial charge in [-0.3, -0.25) is 4.79 Å². The van der Waals surface area contributed by atoms with E-state index in [1.54, 1.807) is 6.07 Å². The van der Waals surface area contributed by atoms with Crippen LogP contribution in [-0.4, -0.2) is 22.7 Å². The quantitative estimate of drug-likeness (QED) is 0.607. The van der Waals surface area contributed by atoms with Crippen LogP contribution in [0.4, 0.5) is 5.69 Å². The Bertz CT molecular complexity index is 774. The second-order valence-electron chi connectivity index (χ2n) is 5.86. The minimum absolute atomic E-state index is 0.0173. The van der Waals surface area contributed by atoms with Gasteiger partial charge in [0, 0.05) is 5.69 Å². The van der Waals surface area contributed by atoms with Crippen molar-refractivity contribution in [2.24, 2.45) is 0 Å². The number of nitrogens with one attached hydrogen (secondary N) is 2. The van der Waals surface area contributed by atoms with Gasteiger partial charge in [0.25, 0.3) is 0 Å². The van der Waals surface area contributed by atoms with Crippen LogP contribution in [0.1, 0.15) is 23.6 Å². The average Bonchev–Trinajstić information content (AvgIpc) is 3.07. The molecule has 4 rings (SSSR count). The molecule has 4 N–H and O–H groups in total. The maximum absolute atomic E-state index is 12.7. The zero-order valence-corrected chi connectivity index (χ0v) is 11.8. The van der Waals surface area contributed by atoms with Gasteiger partial charge in [-0.2, -0.15) is 0 Å². The summed E-state index contributed by atoms with van der Waals surface area (Å²) in [6, 6.07) is 12.2. The third-order valence-electron chi connectivity index (χ3n) is 4.75. The molecule has 0 radical (unpaired) electrons. The molecule has 1 spiro atoms. The number of hydrogen-bond donors (Lipinski definition) is 4. The molecule has 0 aromatic heterocycles. The van der Waals surface area contributed by atoms with Crippen LogP contribution < -0.4 is 10.6 Å². The molecule has 1 amide bonds. The van der Waals surface area contributed by atoms with Crippen molar-refractivity contribution in [1.29, 1.82) is 0 Å². The number of anilines is 1. The first-order chi connectivity index (χ1) is 10.6. The van der Waals surface area contributed by atoms with Gasteiger partial charge in [0.2, 0.25) is 5.91 Å². The number of carbonyl (C=O) groups is 1. The number of hydrogen-bond acceptors (Lipinski definition) is 4. The van der Waals surface area contributed by atoms with Crippen LogP contribution in [0, 0.1) is 0 Å². The van der Waals surface area contributed by atoms with E-state index in [0.29, 0.717) is 13.0 Å². The van der Waals surface area contributed by atoms with Gasteiger partial charge in [0.05, 0.1) is 11.5 Å². The molecule has 1 saturated heterocycles. The van der Waals surface area contributed by atoms with Crippen molar-refractivity contribution in [3.63, 3.8) is 0 Å². The molecular formula is C17H16N2O3. The van der Waals surface area contributed by atoms with E-state index in [0.717, 1.165) is 16.8 Å². The lowest BCUT2D eigenvalue weighted by Gasteiger charge is -2.29. The van der Waals surface area contributed by atoms with Crippen molar-refractivity contribution < 1.29 is 15.0 Å². The molecule has 5 heteroatoms. The number of phenolic OH excluding ortho intramolecular Hbond substituents is 2. The first-order valence-electron chi connectivity index (χ1n) is 7.29. The monoisotopic (exact) mass is 296 g/mol. The summed E-state index contributed by atoms with van der Waals surface area (Å²) in [5.41, 5.74) is 1.96. The molecule has 0 aliphatic carbocycles. The number of aromatic hydroxyl groups is 2. The maximum Gasteiger partial charge on any atom is 0.237 e. The SMILES string of the molecule is O=C1Nc2ccccc2C12CCNC2c1ccc(O)c(O)c1. The van der Waals surface area contributed by atoms with Crippen LogP contribution in [0.5, 0.6) is 11.5 Å². The Kier molecular flexibility index (Phi) is 2.68. The molecule has 2 aliphatic rings. The highest BCUT2D eigenvalue weighted by molar-refractivity contribution is 6.07. The largest absolute Gasteiger partial charge is 0.504 e. The van der Waals surface area contributed by atoms with E-state index in [1.165, 1.54) is 12.1 Å². The van der Waals surface area contributed by atoms with Crippen LogP contribution in [-0.2, 0) is 10.2 Å². The number of carbonyl (C=O) groups excluding carboxylic acids is 1. The highest BCUT2D eigenvalue weighted by Gasteiger charge is 2.55. The second-order valence-corrected chi connectivity index (χ2v) is 5.86. The summed E-state index contributed by atoms with van der Waals surface area (Å²) < 4.78 is 0. The minimum Gasteiger partial charge on any atom is -0.504 e. The molecule has 2 unspecified atom stereocenters. The Balaban J connectivity index is 1.87. The zero-order valence-electron chi connectivity index (χ0n) is 11.8. The van der Waals surface area contributed by atoms with E-state index in [4.69, 9.17) is 0 Å². The smallest absolute Gasteiger partial charge is 0.237 e. The first-order valence-corrected chi connectivity index (χ1v) is 7.29. The van der Waals surface area contributed by atoms with E-state index in [9.17, 15) is 15.0 Å². The van der Waals surface area contributed by atoms with Gasteiger partial charge in [-0.25, -0.2) is 0 Å². The van der Waals surface area contributed by atoms with Crippen LogP contribution in [0.15, 0.2) is 42.5 Å². The number of amides is 1. The molecule has 2 aromatic rings. The van der Waals surface area contributed by atoms with E-state index >= 15 is 0 Å². The predicted molar refractivity (Wildman–Crippen MR) is 81.9 cm³/mol.